The molecule has 0 aliphatic carbocycles. The van der Waals surface area contributed by atoms with Gasteiger partial charge in [0.1, 0.15) is 5.76 Å². The number of aromatic nitrogens is 2. The van der Waals surface area contributed by atoms with Gasteiger partial charge in [-0.3, -0.25) is 4.68 Å². The normalized spacial score (nSPS) is 11.8. The van der Waals surface area contributed by atoms with Crippen LogP contribution in [0.2, 0.25) is 0 Å². The average molecular weight is 367 g/mol. The number of furan rings is 1. The minimum atomic E-state index is -3.60. The van der Waals surface area contributed by atoms with Crippen LogP contribution in [-0.2, 0) is 16.6 Å². The first-order valence-corrected chi connectivity index (χ1v) is 9.65. The molecule has 0 atom stereocenters. The Morgan fingerprint density at radius 2 is 1.88 bits per heavy atom. The molecule has 6 nitrogen and oxygen atoms in total. The molecule has 1 N–H and O–H groups in total. The van der Waals surface area contributed by atoms with Gasteiger partial charge < -0.3 is 4.42 Å². The van der Waals surface area contributed by atoms with Crippen molar-refractivity contribution in [2.75, 3.05) is 6.54 Å². The molecule has 0 amide bonds. The fourth-order valence-corrected chi connectivity index (χ4v) is 4.11. The van der Waals surface area contributed by atoms with Crippen LogP contribution in [0.5, 0.6) is 0 Å². The van der Waals surface area contributed by atoms with Crippen LogP contribution in [0.25, 0.3) is 22.1 Å². The molecule has 0 unspecified atom stereocenters. The van der Waals surface area contributed by atoms with Crippen LogP contribution in [0.3, 0.4) is 0 Å². The van der Waals surface area contributed by atoms with E-state index in [0.717, 1.165) is 16.7 Å². The summed E-state index contributed by atoms with van der Waals surface area (Å²) in [7, 11) is -3.60. The van der Waals surface area contributed by atoms with E-state index in [1.807, 2.05) is 48.7 Å². The van der Waals surface area contributed by atoms with Crippen molar-refractivity contribution in [2.24, 2.45) is 0 Å². The predicted octanol–water partition coefficient (Wildman–Crippen LogP) is 3.27. The Morgan fingerprint density at radius 1 is 1.04 bits per heavy atom. The molecule has 4 aromatic rings. The second-order valence-corrected chi connectivity index (χ2v) is 7.58. The summed E-state index contributed by atoms with van der Waals surface area (Å²) in [5.41, 5.74) is 0.854. The maximum atomic E-state index is 12.7. The van der Waals surface area contributed by atoms with Gasteiger partial charge in [0.2, 0.25) is 10.0 Å². The summed E-state index contributed by atoms with van der Waals surface area (Å²) in [4.78, 5) is 0.285. The number of nitrogens with one attached hydrogen (secondary N) is 1. The molecule has 2 aromatic carbocycles. The van der Waals surface area contributed by atoms with Crippen molar-refractivity contribution < 1.29 is 12.8 Å². The summed E-state index contributed by atoms with van der Waals surface area (Å²) in [5, 5.41) is 5.84. The highest BCUT2D eigenvalue weighted by atomic mass is 32.2. The van der Waals surface area contributed by atoms with Gasteiger partial charge in [0.15, 0.2) is 0 Å². The minimum absolute atomic E-state index is 0.241. The van der Waals surface area contributed by atoms with Crippen LogP contribution < -0.4 is 4.72 Å². The molecule has 2 heterocycles. The van der Waals surface area contributed by atoms with Crippen LogP contribution >= 0.6 is 0 Å². The van der Waals surface area contributed by atoms with Gasteiger partial charge in [0.25, 0.3) is 0 Å². The maximum absolute atomic E-state index is 12.7. The van der Waals surface area contributed by atoms with Gasteiger partial charge in [-0.15, -0.1) is 0 Å². The number of hydrogen-bond donors (Lipinski definition) is 1. The Bertz CT molecular complexity index is 1130. The summed E-state index contributed by atoms with van der Waals surface area (Å²) >= 11 is 0. The standard InChI is InChI=1S/C19H17N3O3S/c23-26(24,19-9-3-6-15-5-1-2-7-17(15)19)21-10-11-22-14-16(13-20-22)18-8-4-12-25-18/h1-9,12-14,21H,10-11H2. The van der Waals surface area contributed by atoms with Crippen LogP contribution in [0.15, 0.2) is 82.6 Å². The molecule has 0 spiro atoms. The molecule has 0 bridgehead atoms. The van der Waals surface area contributed by atoms with Crippen LogP contribution in [-0.4, -0.2) is 24.7 Å². The van der Waals surface area contributed by atoms with E-state index >= 15 is 0 Å². The van der Waals surface area contributed by atoms with Crippen molar-refractivity contribution in [3.05, 3.63) is 73.3 Å². The molecule has 0 saturated carbocycles. The lowest BCUT2D eigenvalue weighted by Gasteiger charge is -2.09. The third kappa shape index (κ3) is 3.26. The summed E-state index contributed by atoms with van der Waals surface area (Å²) < 4.78 is 35.0. The molecule has 2 aromatic heterocycles. The third-order valence-electron chi connectivity index (χ3n) is 4.11. The molecule has 0 aliphatic heterocycles. The highest BCUT2D eigenvalue weighted by molar-refractivity contribution is 7.89. The molecular formula is C19H17N3O3S. The van der Waals surface area contributed by atoms with Crippen molar-refractivity contribution in [1.82, 2.24) is 14.5 Å². The monoisotopic (exact) mass is 367 g/mol. The van der Waals surface area contributed by atoms with Gasteiger partial charge in [-0.25, -0.2) is 13.1 Å². The minimum Gasteiger partial charge on any atom is -0.464 e. The highest BCUT2D eigenvalue weighted by Crippen LogP contribution is 2.22. The van der Waals surface area contributed by atoms with E-state index < -0.39 is 10.0 Å². The average Bonchev–Trinajstić information content (AvgIpc) is 3.32. The SMILES string of the molecule is O=S(=O)(NCCn1cc(-c2ccco2)cn1)c1cccc2ccccc12. The molecule has 26 heavy (non-hydrogen) atoms. The number of sulfonamides is 1. The lowest BCUT2D eigenvalue weighted by molar-refractivity contribution is 0.561. The quantitative estimate of drug-likeness (QED) is 0.567. The second-order valence-electron chi connectivity index (χ2n) is 5.84. The first-order chi connectivity index (χ1) is 12.6. The smallest absolute Gasteiger partial charge is 0.241 e. The summed E-state index contributed by atoms with van der Waals surface area (Å²) in [6.07, 6.45) is 5.12. The van der Waals surface area contributed by atoms with Gasteiger partial charge in [-0.1, -0.05) is 36.4 Å². The zero-order valence-electron chi connectivity index (χ0n) is 13.9. The van der Waals surface area contributed by atoms with Crippen molar-refractivity contribution in [3.63, 3.8) is 0 Å². The molecule has 7 heteroatoms. The van der Waals surface area contributed by atoms with Crippen molar-refractivity contribution in [1.29, 1.82) is 0 Å². The van der Waals surface area contributed by atoms with E-state index in [-0.39, 0.29) is 11.4 Å². The topological polar surface area (TPSA) is 77.1 Å². The van der Waals surface area contributed by atoms with Crippen molar-refractivity contribution >= 4 is 20.8 Å². The van der Waals surface area contributed by atoms with Gasteiger partial charge in [-0.05, 0) is 23.6 Å². The van der Waals surface area contributed by atoms with Crippen LogP contribution in [0.1, 0.15) is 0 Å². The molecule has 0 saturated heterocycles. The lowest BCUT2D eigenvalue weighted by atomic mass is 10.1. The molecule has 0 fully saturated rings. The van der Waals surface area contributed by atoms with Gasteiger partial charge in [-0.2, -0.15) is 5.10 Å². The fraction of sp³-hybridized carbons (Fsp3) is 0.105. The van der Waals surface area contributed by atoms with E-state index in [9.17, 15) is 8.42 Å². The van der Waals surface area contributed by atoms with Gasteiger partial charge in [0, 0.05) is 18.1 Å². The molecule has 4 rings (SSSR count). The van der Waals surface area contributed by atoms with E-state index in [4.69, 9.17) is 4.42 Å². The highest BCUT2D eigenvalue weighted by Gasteiger charge is 2.16. The second kappa shape index (κ2) is 6.78. The number of nitrogens with zero attached hydrogens (tertiary/aromatic N) is 2. The number of benzene rings is 2. The summed E-state index contributed by atoms with van der Waals surface area (Å²) in [6.45, 7) is 0.662. The first-order valence-electron chi connectivity index (χ1n) is 8.17. The Kier molecular flexibility index (Phi) is 4.32. The Labute approximate surface area is 151 Å². The first kappa shape index (κ1) is 16.6. The van der Waals surface area contributed by atoms with Gasteiger partial charge >= 0.3 is 0 Å². The van der Waals surface area contributed by atoms with Crippen LogP contribution in [0, 0.1) is 0 Å². The Balaban J connectivity index is 1.47. The van der Waals surface area contributed by atoms with E-state index in [0.29, 0.717) is 11.9 Å². The largest absolute Gasteiger partial charge is 0.464 e. The van der Waals surface area contributed by atoms with Crippen LogP contribution in [0.4, 0.5) is 0 Å². The molecule has 0 aliphatic rings. The fourth-order valence-electron chi connectivity index (χ4n) is 2.86. The van der Waals surface area contributed by atoms with E-state index in [2.05, 4.69) is 9.82 Å². The zero-order valence-corrected chi connectivity index (χ0v) is 14.7. The van der Waals surface area contributed by atoms with E-state index in [1.54, 1.807) is 29.3 Å². The molecule has 0 radical (unpaired) electrons. The zero-order chi connectivity index (χ0) is 18.0. The van der Waals surface area contributed by atoms with E-state index in [1.165, 1.54) is 0 Å². The summed E-state index contributed by atoms with van der Waals surface area (Å²) in [5.74, 6) is 0.729. The Hall–Kier alpha value is -2.90. The Morgan fingerprint density at radius 3 is 2.73 bits per heavy atom. The van der Waals surface area contributed by atoms with Crippen molar-refractivity contribution in [2.45, 2.75) is 11.4 Å². The molecule has 132 valence electrons. The number of hydrogen-bond acceptors (Lipinski definition) is 4. The maximum Gasteiger partial charge on any atom is 0.241 e. The predicted molar refractivity (Wildman–Crippen MR) is 99.1 cm³/mol. The number of fused-ring (bicyclic) bond motifs is 1. The van der Waals surface area contributed by atoms with Crippen molar-refractivity contribution in [3.8, 4) is 11.3 Å². The number of rotatable bonds is 6. The lowest BCUT2D eigenvalue weighted by Crippen LogP contribution is -2.27. The third-order valence-corrected chi connectivity index (χ3v) is 5.63. The summed E-state index contributed by atoms with van der Waals surface area (Å²) in [6, 6.07) is 16.4. The van der Waals surface area contributed by atoms with Gasteiger partial charge in [0.05, 0.1) is 29.5 Å². The molecular weight excluding hydrogens is 350 g/mol.